The molecule has 0 aliphatic rings. The molecule has 4 nitrogen and oxygen atoms in total. The van der Waals surface area contributed by atoms with E-state index >= 15 is 0 Å². The van der Waals surface area contributed by atoms with E-state index in [0.717, 1.165) is 5.56 Å². The normalized spacial score (nSPS) is 11.0. The van der Waals surface area contributed by atoms with Crippen LogP contribution < -0.4 is 0 Å². The van der Waals surface area contributed by atoms with Crippen LogP contribution in [0.25, 0.3) is 6.08 Å². The second-order valence-electron chi connectivity index (χ2n) is 4.61. The van der Waals surface area contributed by atoms with E-state index in [1.807, 2.05) is 13.0 Å². The third-order valence-electron chi connectivity index (χ3n) is 2.99. The molecule has 0 aliphatic carbocycles. The fourth-order valence-electron chi connectivity index (χ4n) is 1.81. The van der Waals surface area contributed by atoms with E-state index in [9.17, 15) is 15.0 Å². The Bertz CT molecular complexity index is 753. The minimum Gasteiger partial charge on any atom is -0.504 e. The van der Waals surface area contributed by atoms with Crippen LogP contribution in [0.2, 0.25) is 0 Å². The number of carbonyl (C=O) groups excluding carboxylic acids is 1. The zero-order chi connectivity index (χ0) is 15.4. The van der Waals surface area contributed by atoms with Crippen molar-refractivity contribution in [3.63, 3.8) is 0 Å². The first-order valence-corrected chi connectivity index (χ1v) is 6.26. The number of benzene rings is 2. The molecular formula is C17H13NO3. The Labute approximate surface area is 122 Å². The topological polar surface area (TPSA) is 81.3 Å². The summed E-state index contributed by atoms with van der Waals surface area (Å²) in [4.78, 5) is 12.2. The molecule has 0 amide bonds. The van der Waals surface area contributed by atoms with Gasteiger partial charge in [0.15, 0.2) is 11.5 Å². The summed E-state index contributed by atoms with van der Waals surface area (Å²) < 4.78 is 0. The molecule has 104 valence electrons. The second-order valence-corrected chi connectivity index (χ2v) is 4.61. The van der Waals surface area contributed by atoms with Gasteiger partial charge in [0.2, 0.25) is 5.78 Å². The monoisotopic (exact) mass is 279 g/mol. The van der Waals surface area contributed by atoms with Crippen molar-refractivity contribution in [3.05, 3.63) is 64.7 Å². The van der Waals surface area contributed by atoms with E-state index in [1.54, 1.807) is 24.3 Å². The van der Waals surface area contributed by atoms with E-state index in [0.29, 0.717) is 11.1 Å². The highest BCUT2D eigenvalue weighted by molar-refractivity contribution is 6.14. The Morgan fingerprint density at radius 3 is 2.33 bits per heavy atom. The number of allylic oxidation sites excluding steroid dienone is 1. The molecule has 0 spiro atoms. The zero-order valence-electron chi connectivity index (χ0n) is 11.4. The van der Waals surface area contributed by atoms with Crippen LogP contribution in [0.15, 0.2) is 48.0 Å². The SMILES string of the molecule is Cc1ccc(C(=O)C(C#N)=Cc2ccc(O)c(O)c2)cc1. The highest BCUT2D eigenvalue weighted by Crippen LogP contribution is 2.26. The standard InChI is InChI=1S/C17H13NO3/c1-11-2-5-13(6-3-11)17(21)14(10-18)8-12-4-7-15(19)16(20)9-12/h2-9,19-20H,1H3. The van der Waals surface area contributed by atoms with Gasteiger partial charge in [-0.05, 0) is 30.7 Å². The molecule has 2 rings (SSSR count). The number of phenols is 2. The third-order valence-corrected chi connectivity index (χ3v) is 2.99. The highest BCUT2D eigenvalue weighted by atomic mass is 16.3. The Balaban J connectivity index is 2.36. The number of phenolic OH excluding ortho intramolecular Hbond substituents is 2. The van der Waals surface area contributed by atoms with E-state index in [4.69, 9.17) is 5.26 Å². The van der Waals surface area contributed by atoms with Crippen molar-refractivity contribution >= 4 is 11.9 Å². The molecule has 0 aromatic heterocycles. The molecule has 0 heterocycles. The van der Waals surface area contributed by atoms with Gasteiger partial charge in [-0.2, -0.15) is 5.26 Å². The van der Waals surface area contributed by atoms with Crippen molar-refractivity contribution in [2.45, 2.75) is 6.92 Å². The third kappa shape index (κ3) is 3.28. The molecule has 0 saturated heterocycles. The number of nitrogens with zero attached hydrogens (tertiary/aromatic N) is 1. The van der Waals surface area contributed by atoms with Gasteiger partial charge in [-0.3, -0.25) is 4.79 Å². The maximum atomic E-state index is 12.2. The molecule has 4 heteroatoms. The average molecular weight is 279 g/mol. The number of ketones is 1. The lowest BCUT2D eigenvalue weighted by atomic mass is 10.0. The Kier molecular flexibility index (Phi) is 4.05. The lowest BCUT2D eigenvalue weighted by Crippen LogP contribution is -2.01. The fraction of sp³-hybridized carbons (Fsp3) is 0.0588. The number of carbonyl (C=O) groups is 1. The van der Waals surface area contributed by atoms with Crippen LogP contribution in [0.4, 0.5) is 0 Å². The van der Waals surface area contributed by atoms with Crippen molar-refractivity contribution in [1.82, 2.24) is 0 Å². The van der Waals surface area contributed by atoms with Gasteiger partial charge in [0.25, 0.3) is 0 Å². The van der Waals surface area contributed by atoms with E-state index in [1.165, 1.54) is 24.3 Å². The van der Waals surface area contributed by atoms with Gasteiger partial charge >= 0.3 is 0 Å². The first kappa shape index (κ1) is 14.4. The minimum absolute atomic E-state index is 0.0380. The van der Waals surface area contributed by atoms with Gasteiger partial charge in [-0.25, -0.2) is 0 Å². The van der Waals surface area contributed by atoms with Crippen molar-refractivity contribution < 1.29 is 15.0 Å². The van der Waals surface area contributed by atoms with Gasteiger partial charge in [-0.1, -0.05) is 35.9 Å². The predicted molar refractivity (Wildman–Crippen MR) is 78.9 cm³/mol. The van der Waals surface area contributed by atoms with Gasteiger partial charge in [-0.15, -0.1) is 0 Å². The number of aromatic hydroxyl groups is 2. The molecule has 2 N–H and O–H groups in total. The second kappa shape index (κ2) is 5.93. The average Bonchev–Trinajstić information content (AvgIpc) is 2.48. The Hall–Kier alpha value is -3.06. The van der Waals surface area contributed by atoms with Crippen molar-refractivity contribution in [2.24, 2.45) is 0 Å². The summed E-state index contributed by atoms with van der Waals surface area (Å²) in [6.07, 6.45) is 1.38. The number of hydrogen-bond donors (Lipinski definition) is 2. The molecule has 2 aromatic carbocycles. The van der Waals surface area contributed by atoms with Gasteiger partial charge in [0, 0.05) is 5.56 Å². The number of aryl methyl sites for hydroxylation is 1. The largest absolute Gasteiger partial charge is 0.504 e. The molecule has 21 heavy (non-hydrogen) atoms. The van der Waals surface area contributed by atoms with E-state index < -0.39 is 0 Å². The van der Waals surface area contributed by atoms with E-state index in [-0.39, 0.29) is 22.9 Å². The van der Waals surface area contributed by atoms with Crippen molar-refractivity contribution in [3.8, 4) is 17.6 Å². The lowest BCUT2D eigenvalue weighted by Gasteiger charge is -2.02. The first-order valence-electron chi connectivity index (χ1n) is 6.26. The molecule has 0 radical (unpaired) electrons. The maximum absolute atomic E-state index is 12.2. The number of nitriles is 1. The van der Waals surface area contributed by atoms with Crippen LogP contribution in [0.3, 0.4) is 0 Å². The van der Waals surface area contributed by atoms with Crippen LogP contribution in [-0.2, 0) is 0 Å². The predicted octanol–water partition coefficient (Wildman–Crippen LogP) is 3.20. The van der Waals surface area contributed by atoms with Gasteiger partial charge in [0.1, 0.15) is 11.6 Å². The summed E-state index contributed by atoms with van der Waals surface area (Å²) in [5.41, 5.74) is 1.88. The lowest BCUT2D eigenvalue weighted by molar-refractivity contribution is 0.104. The van der Waals surface area contributed by atoms with E-state index in [2.05, 4.69) is 0 Å². The van der Waals surface area contributed by atoms with Crippen LogP contribution >= 0.6 is 0 Å². The van der Waals surface area contributed by atoms with Gasteiger partial charge < -0.3 is 10.2 Å². The molecule has 0 fully saturated rings. The van der Waals surface area contributed by atoms with Crippen molar-refractivity contribution in [1.29, 1.82) is 5.26 Å². The molecule has 0 bridgehead atoms. The highest BCUT2D eigenvalue weighted by Gasteiger charge is 2.12. The van der Waals surface area contributed by atoms with Crippen molar-refractivity contribution in [2.75, 3.05) is 0 Å². The Morgan fingerprint density at radius 1 is 1.10 bits per heavy atom. The number of hydrogen-bond acceptors (Lipinski definition) is 4. The number of Topliss-reactive ketones (excluding diaryl/α,β-unsaturated/α-hetero) is 1. The summed E-state index contributed by atoms with van der Waals surface area (Å²) in [7, 11) is 0. The summed E-state index contributed by atoms with van der Waals surface area (Å²) in [5.74, 6) is -0.940. The van der Waals surface area contributed by atoms with Crippen LogP contribution in [0, 0.1) is 18.3 Å². The first-order chi connectivity index (χ1) is 10.0. The summed E-state index contributed by atoms with van der Waals surface area (Å²) >= 11 is 0. The molecule has 2 aromatic rings. The quantitative estimate of drug-likeness (QED) is 0.391. The zero-order valence-corrected chi connectivity index (χ0v) is 11.4. The Morgan fingerprint density at radius 2 is 1.76 bits per heavy atom. The summed E-state index contributed by atoms with van der Waals surface area (Å²) in [6, 6.07) is 12.9. The van der Waals surface area contributed by atoms with Crippen LogP contribution in [0.5, 0.6) is 11.5 Å². The van der Waals surface area contributed by atoms with Gasteiger partial charge in [0.05, 0.1) is 0 Å². The molecule has 0 unspecified atom stereocenters. The molecule has 0 atom stereocenters. The molecule has 0 aliphatic heterocycles. The number of rotatable bonds is 3. The van der Waals surface area contributed by atoms with Crippen LogP contribution in [0.1, 0.15) is 21.5 Å². The maximum Gasteiger partial charge on any atom is 0.203 e. The minimum atomic E-state index is -0.384. The fourth-order valence-corrected chi connectivity index (χ4v) is 1.81. The summed E-state index contributed by atoms with van der Waals surface area (Å²) in [6.45, 7) is 1.91. The molecule has 0 saturated carbocycles. The summed E-state index contributed by atoms with van der Waals surface area (Å²) in [5, 5.41) is 27.8. The smallest absolute Gasteiger partial charge is 0.203 e. The van der Waals surface area contributed by atoms with Crippen LogP contribution in [-0.4, -0.2) is 16.0 Å². The molecular weight excluding hydrogens is 266 g/mol.